The number of rotatable bonds is 2. The minimum Gasteiger partial charge on any atom is -0.438 e. The van der Waals surface area contributed by atoms with E-state index in [-0.39, 0.29) is 22.8 Å². The summed E-state index contributed by atoms with van der Waals surface area (Å²) >= 11 is 7.25. The number of benzene rings is 1. The Balaban J connectivity index is 2.09. The number of nitriles is 2. The van der Waals surface area contributed by atoms with Crippen molar-refractivity contribution in [3.05, 3.63) is 67.8 Å². The molecule has 0 fully saturated rings. The van der Waals surface area contributed by atoms with Gasteiger partial charge >= 0.3 is 0 Å². The number of nitrogens with two attached hydrogens (primary N) is 1. The zero-order valence-corrected chi connectivity index (χ0v) is 16.0. The molecule has 1 aliphatic rings. The third kappa shape index (κ3) is 2.51. The lowest BCUT2D eigenvalue weighted by Crippen LogP contribution is -2.27. The average molecular weight is 410 g/mol. The minimum absolute atomic E-state index is 0.0697. The highest BCUT2D eigenvalue weighted by Gasteiger charge is 2.35. The molecule has 1 aliphatic heterocycles. The lowest BCUT2D eigenvalue weighted by atomic mass is 9.84. The Hall–Kier alpha value is -3.46. The van der Waals surface area contributed by atoms with Gasteiger partial charge in [-0.3, -0.25) is 4.79 Å². The average Bonchev–Trinajstić information content (AvgIpc) is 3.05. The van der Waals surface area contributed by atoms with Crippen molar-refractivity contribution in [3.8, 4) is 17.9 Å². The molecule has 138 valence electrons. The van der Waals surface area contributed by atoms with E-state index in [4.69, 9.17) is 22.1 Å². The van der Waals surface area contributed by atoms with Crippen molar-refractivity contribution in [2.75, 3.05) is 12.4 Å². The molecule has 0 amide bonds. The standard InChI is InChI=1S/C19H12ClN5O2S/c1-24-19-11(7-22)14-16(28-19)15-13(18(26)25-14)12(10(6-21)17(23)27-15)8-2-4-9(20)5-3-8/h2-5,12,24H,23H2,1H3,(H,25,26)/t12-/m0/s1. The lowest BCUT2D eigenvalue weighted by molar-refractivity contribution is 0.397. The minimum atomic E-state index is -0.704. The van der Waals surface area contributed by atoms with E-state index in [9.17, 15) is 15.3 Å². The van der Waals surface area contributed by atoms with E-state index >= 15 is 0 Å². The van der Waals surface area contributed by atoms with E-state index in [1.165, 1.54) is 11.3 Å². The number of thiophene rings is 1. The summed E-state index contributed by atoms with van der Waals surface area (Å²) in [7, 11) is 1.69. The highest BCUT2D eigenvalue weighted by molar-refractivity contribution is 7.23. The predicted octanol–water partition coefficient (Wildman–Crippen LogP) is 3.37. The molecule has 0 saturated heterocycles. The summed E-state index contributed by atoms with van der Waals surface area (Å²) in [5, 5.41) is 23.2. The number of nitrogens with one attached hydrogen (secondary N) is 2. The van der Waals surface area contributed by atoms with Gasteiger partial charge in [-0.25, -0.2) is 0 Å². The molecule has 28 heavy (non-hydrogen) atoms. The molecule has 3 heterocycles. The van der Waals surface area contributed by atoms with Crippen molar-refractivity contribution in [2.24, 2.45) is 5.73 Å². The second-order valence-corrected chi connectivity index (χ2v) is 7.50. The molecule has 4 rings (SSSR count). The van der Waals surface area contributed by atoms with Crippen LogP contribution >= 0.6 is 22.9 Å². The van der Waals surface area contributed by atoms with Gasteiger partial charge in [0.15, 0.2) is 5.75 Å². The summed E-state index contributed by atoms with van der Waals surface area (Å²) in [6.45, 7) is 0. The monoisotopic (exact) mass is 409 g/mol. The van der Waals surface area contributed by atoms with E-state index in [0.29, 0.717) is 31.4 Å². The van der Waals surface area contributed by atoms with Crippen molar-refractivity contribution in [1.29, 1.82) is 10.5 Å². The van der Waals surface area contributed by atoms with Gasteiger partial charge in [0.1, 0.15) is 28.3 Å². The molecule has 0 saturated carbocycles. The number of anilines is 1. The molecule has 0 unspecified atom stereocenters. The molecule has 7 nitrogen and oxygen atoms in total. The van der Waals surface area contributed by atoms with E-state index in [2.05, 4.69) is 22.4 Å². The van der Waals surface area contributed by atoms with Gasteiger partial charge in [0.2, 0.25) is 5.88 Å². The number of fused-ring (bicyclic) bond motifs is 3. The van der Waals surface area contributed by atoms with Crippen LogP contribution in [0.1, 0.15) is 22.6 Å². The van der Waals surface area contributed by atoms with Crippen LogP contribution in [0, 0.1) is 22.7 Å². The Labute approximate surface area is 168 Å². The van der Waals surface area contributed by atoms with Gasteiger partial charge in [-0.2, -0.15) is 10.5 Å². The summed E-state index contributed by atoms with van der Waals surface area (Å²) in [6.07, 6.45) is 0. The van der Waals surface area contributed by atoms with Crippen LogP contribution in [0.15, 0.2) is 40.5 Å². The first-order valence-corrected chi connectivity index (χ1v) is 9.33. The van der Waals surface area contributed by atoms with Gasteiger partial charge in [-0.1, -0.05) is 23.7 Å². The fourth-order valence-electron chi connectivity index (χ4n) is 3.32. The number of nitrogens with zero attached hydrogens (tertiary/aromatic N) is 2. The van der Waals surface area contributed by atoms with Crippen molar-refractivity contribution < 1.29 is 4.74 Å². The Morgan fingerprint density at radius 2 is 2.00 bits per heavy atom. The van der Waals surface area contributed by atoms with E-state index < -0.39 is 11.5 Å². The Morgan fingerprint density at radius 1 is 1.29 bits per heavy atom. The zero-order chi connectivity index (χ0) is 20.0. The number of aromatic amines is 1. The van der Waals surface area contributed by atoms with Crippen LogP contribution in [0.2, 0.25) is 5.02 Å². The molecule has 3 aromatic rings. The van der Waals surface area contributed by atoms with Crippen LogP contribution in [0.3, 0.4) is 0 Å². The Morgan fingerprint density at radius 3 is 2.61 bits per heavy atom. The largest absolute Gasteiger partial charge is 0.438 e. The summed E-state index contributed by atoms with van der Waals surface area (Å²) < 4.78 is 6.30. The number of aromatic nitrogens is 1. The predicted molar refractivity (Wildman–Crippen MR) is 107 cm³/mol. The van der Waals surface area contributed by atoms with Gasteiger partial charge in [0.05, 0.1) is 21.7 Å². The molecule has 0 bridgehead atoms. The number of halogens is 1. The van der Waals surface area contributed by atoms with Crippen LogP contribution < -0.4 is 21.3 Å². The number of pyridine rings is 1. The summed E-state index contributed by atoms with van der Waals surface area (Å²) in [5.41, 5.74) is 7.39. The number of allylic oxidation sites excluding steroid dienone is 1. The van der Waals surface area contributed by atoms with Crippen LogP contribution in [0.5, 0.6) is 5.75 Å². The smallest absolute Gasteiger partial charge is 0.256 e. The third-order valence-corrected chi connectivity index (χ3v) is 6.02. The summed E-state index contributed by atoms with van der Waals surface area (Å²) in [4.78, 5) is 15.8. The van der Waals surface area contributed by atoms with E-state index in [1.807, 2.05) is 0 Å². The van der Waals surface area contributed by atoms with Gasteiger partial charge in [0, 0.05) is 12.1 Å². The van der Waals surface area contributed by atoms with Crippen LogP contribution in [-0.4, -0.2) is 12.0 Å². The van der Waals surface area contributed by atoms with Crippen LogP contribution in [0.25, 0.3) is 10.2 Å². The molecule has 0 aliphatic carbocycles. The summed E-state index contributed by atoms with van der Waals surface area (Å²) in [5.74, 6) is -0.511. The zero-order valence-electron chi connectivity index (χ0n) is 14.5. The molecule has 9 heteroatoms. The number of hydrogen-bond acceptors (Lipinski definition) is 7. The highest BCUT2D eigenvalue weighted by Crippen LogP contribution is 2.47. The van der Waals surface area contributed by atoms with E-state index in [0.717, 1.165) is 0 Å². The molecule has 4 N–H and O–H groups in total. The van der Waals surface area contributed by atoms with Crippen LogP contribution in [0.4, 0.5) is 5.00 Å². The SMILES string of the molecule is CNc1sc2c3c(c(=O)[nH]c2c1C#N)[C@@H](c1ccc(Cl)cc1)C(C#N)=C(N)O3. The van der Waals surface area contributed by atoms with Crippen molar-refractivity contribution in [3.63, 3.8) is 0 Å². The highest BCUT2D eigenvalue weighted by atomic mass is 35.5. The normalized spacial score (nSPS) is 15.5. The summed E-state index contributed by atoms with van der Waals surface area (Å²) in [6, 6.07) is 11.0. The fraction of sp³-hybridized carbons (Fsp3) is 0.105. The molecule has 0 radical (unpaired) electrons. The van der Waals surface area contributed by atoms with Crippen molar-refractivity contribution >= 4 is 38.2 Å². The first-order chi connectivity index (χ1) is 13.5. The second kappa shape index (κ2) is 6.61. The van der Waals surface area contributed by atoms with Crippen molar-refractivity contribution in [1.82, 2.24) is 4.98 Å². The van der Waals surface area contributed by atoms with Gasteiger partial charge in [-0.15, -0.1) is 11.3 Å². The number of H-pyrrole nitrogens is 1. The second-order valence-electron chi connectivity index (χ2n) is 6.05. The van der Waals surface area contributed by atoms with Gasteiger partial charge in [-0.05, 0) is 17.7 Å². The molecular weight excluding hydrogens is 398 g/mol. The molecular formula is C19H12ClN5O2S. The molecule has 1 aromatic carbocycles. The maximum Gasteiger partial charge on any atom is 0.256 e. The quantitative estimate of drug-likeness (QED) is 0.595. The maximum absolute atomic E-state index is 13.0. The van der Waals surface area contributed by atoms with Gasteiger partial charge < -0.3 is 20.8 Å². The van der Waals surface area contributed by atoms with Crippen molar-refractivity contribution in [2.45, 2.75) is 5.92 Å². The number of ether oxygens (including phenoxy) is 1. The topological polar surface area (TPSA) is 128 Å². The molecule has 2 aromatic heterocycles. The first-order valence-electron chi connectivity index (χ1n) is 8.13. The maximum atomic E-state index is 13.0. The Kier molecular flexibility index (Phi) is 4.23. The number of hydrogen-bond donors (Lipinski definition) is 3. The fourth-order valence-corrected chi connectivity index (χ4v) is 4.50. The van der Waals surface area contributed by atoms with Crippen LogP contribution in [-0.2, 0) is 0 Å². The third-order valence-electron chi connectivity index (χ3n) is 4.56. The molecule has 0 spiro atoms. The van der Waals surface area contributed by atoms with E-state index in [1.54, 1.807) is 31.3 Å². The van der Waals surface area contributed by atoms with Gasteiger partial charge in [0.25, 0.3) is 5.56 Å². The molecule has 1 atom stereocenters. The Bertz CT molecular complexity index is 1290. The first kappa shape index (κ1) is 17.9. The lowest BCUT2D eigenvalue weighted by Gasteiger charge is -2.25.